The van der Waals surface area contributed by atoms with E-state index in [2.05, 4.69) is 9.27 Å². The third kappa shape index (κ3) is 2.87. The number of fused-ring (bicyclic) bond motifs is 2. The van der Waals surface area contributed by atoms with Gasteiger partial charge in [-0.1, -0.05) is 4.65 Å². The number of amides is 3. The molecule has 3 N–H and O–H groups in total. The fraction of sp³-hybridized carbons (Fsp3) is 0.545. The van der Waals surface area contributed by atoms with Gasteiger partial charge in [0.1, 0.15) is 24.5 Å². The van der Waals surface area contributed by atoms with Crippen LogP contribution < -0.4 is 5.73 Å². The fourth-order valence-corrected chi connectivity index (χ4v) is 3.43. The predicted molar refractivity (Wildman–Crippen MR) is 72.3 cm³/mol. The van der Waals surface area contributed by atoms with Crippen molar-refractivity contribution in [3.63, 3.8) is 0 Å². The van der Waals surface area contributed by atoms with Gasteiger partial charge in [-0.05, 0) is 6.42 Å². The lowest BCUT2D eigenvalue weighted by Crippen LogP contribution is -2.62. The summed E-state index contributed by atoms with van der Waals surface area (Å²) in [6, 6.07) is -2.65. The second-order valence-electron chi connectivity index (χ2n) is 5.49. The van der Waals surface area contributed by atoms with Crippen LogP contribution in [-0.2, 0) is 30.9 Å². The molecule has 13 heteroatoms. The van der Waals surface area contributed by atoms with Crippen LogP contribution in [-0.4, -0.2) is 58.2 Å². The van der Waals surface area contributed by atoms with Crippen molar-refractivity contribution in [3.05, 3.63) is 18.4 Å². The minimum Gasteiger partial charge on any atom is -0.451 e. The summed E-state index contributed by atoms with van der Waals surface area (Å²) >= 11 is 0. The molecule has 0 saturated carbocycles. The van der Waals surface area contributed by atoms with E-state index >= 15 is 0 Å². The molecule has 2 saturated heterocycles. The Morgan fingerprint density at radius 2 is 2.29 bits per heavy atom. The molecule has 1 aromatic rings. The molecule has 0 aliphatic carbocycles. The van der Waals surface area contributed by atoms with Crippen molar-refractivity contribution in [2.45, 2.75) is 31.5 Å². The van der Waals surface area contributed by atoms with E-state index in [0.29, 0.717) is 10.8 Å². The quantitative estimate of drug-likeness (QED) is 0.482. The molecule has 0 spiro atoms. The Bertz CT molecular complexity index is 750. The first-order chi connectivity index (χ1) is 11.2. The Morgan fingerprint density at radius 3 is 2.88 bits per heavy atom. The van der Waals surface area contributed by atoms with Gasteiger partial charge in [-0.3, -0.25) is 9.35 Å². The van der Waals surface area contributed by atoms with E-state index < -0.39 is 39.1 Å². The first-order valence-corrected chi connectivity index (χ1v) is 8.29. The highest BCUT2D eigenvalue weighted by Gasteiger charge is 2.65. The minimum absolute atomic E-state index is 0.0557. The zero-order chi connectivity index (χ0) is 17.5. The van der Waals surface area contributed by atoms with Gasteiger partial charge in [-0.15, -0.1) is 9.35 Å². The Balaban J connectivity index is 1.91. The Labute approximate surface area is 136 Å². The smallest absolute Gasteiger partial charge is 0.451 e. The second kappa shape index (κ2) is 5.78. The van der Waals surface area contributed by atoms with Gasteiger partial charge in [0, 0.05) is 6.42 Å². The maximum Gasteiger partial charge on any atom is 0.477 e. The van der Waals surface area contributed by atoms with Crippen LogP contribution in [0.25, 0.3) is 0 Å². The summed E-state index contributed by atoms with van der Waals surface area (Å²) in [4.78, 5) is 33.9. The SMILES string of the molecule is NC(=O)[C@@H]1CC[C@@H]2C[N+]1(OCc1cocn1)C(=O)N2OS(=O)(=O)O. The number of hydroxylamine groups is 5. The lowest BCUT2D eigenvalue weighted by atomic mass is 10.00. The summed E-state index contributed by atoms with van der Waals surface area (Å²) in [6.45, 7) is -0.224. The molecular formula is C11H15N4O8S+. The van der Waals surface area contributed by atoms with Crippen molar-refractivity contribution < 1.29 is 40.7 Å². The molecule has 3 amide bonds. The van der Waals surface area contributed by atoms with E-state index in [4.69, 9.17) is 19.5 Å². The van der Waals surface area contributed by atoms with Crippen molar-refractivity contribution in [3.8, 4) is 0 Å². The lowest BCUT2D eigenvalue weighted by Gasteiger charge is -2.34. The van der Waals surface area contributed by atoms with Crippen LogP contribution in [0.5, 0.6) is 0 Å². The number of aromatic nitrogens is 1. The number of hydrogen-bond acceptors (Lipinski definition) is 8. The van der Waals surface area contributed by atoms with Gasteiger partial charge < -0.3 is 10.2 Å². The van der Waals surface area contributed by atoms with E-state index in [1.54, 1.807) is 0 Å². The molecule has 2 aliphatic heterocycles. The molecule has 3 heterocycles. The summed E-state index contributed by atoms with van der Waals surface area (Å²) in [6.07, 6.45) is 2.92. The van der Waals surface area contributed by atoms with Gasteiger partial charge in [0.15, 0.2) is 13.0 Å². The topological polar surface area (TPSA) is 162 Å². The van der Waals surface area contributed by atoms with E-state index in [9.17, 15) is 18.0 Å². The Morgan fingerprint density at radius 1 is 1.54 bits per heavy atom. The highest BCUT2D eigenvalue weighted by molar-refractivity contribution is 7.80. The predicted octanol–water partition coefficient (Wildman–Crippen LogP) is -0.891. The first-order valence-electron chi connectivity index (χ1n) is 6.92. The number of oxazole rings is 1. The van der Waals surface area contributed by atoms with E-state index in [1.807, 2.05) is 0 Å². The van der Waals surface area contributed by atoms with Crippen LogP contribution in [0.1, 0.15) is 18.5 Å². The maximum absolute atomic E-state index is 12.7. The van der Waals surface area contributed by atoms with Crippen LogP contribution in [0.15, 0.2) is 17.1 Å². The standard InChI is InChI=1S/C11H14N4O8S/c12-10(16)9-2-1-8-3-15(9,22-5-7-4-21-6-13-7)11(17)14(8)23-24(18,19)20/h4,6,8-9H,1-3,5H2,(H2-,12,16,18,19,20)/p+1/t8-,9+,15?/m1/s1. The van der Waals surface area contributed by atoms with Crippen molar-refractivity contribution >= 4 is 22.3 Å². The van der Waals surface area contributed by atoms with Crippen LogP contribution in [0.4, 0.5) is 4.79 Å². The van der Waals surface area contributed by atoms with Gasteiger partial charge in [-0.2, -0.15) is 13.3 Å². The zero-order valence-corrected chi connectivity index (χ0v) is 13.1. The third-order valence-electron chi connectivity index (χ3n) is 4.03. The highest BCUT2D eigenvalue weighted by atomic mass is 32.3. The molecule has 0 aromatic carbocycles. The molecule has 1 unspecified atom stereocenters. The highest BCUT2D eigenvalue weighted by Crippen LogP contribution is 2.38. The number of quaternary nitrogens is 1. The average molecular weight is 363 g/mol. The van der Waals surface area contributed by atoms with Crippen LogP contribution in [0, 0.1) is 0 Å². The summed E-state index contributed by atoms with van der Waals surface area (Å²) in [5, 5.41) is 0.515. The van der Waals surface area contributed by atoms with E-state index in [1.165, 1.54) is 12.7 Å². The Kier molecular flexibility index (Phi) is 4.05. The molecule has 1 aromatic heterocycles. The third-order valence-corrected chi connectivity index (χ3v) is 4.38. The number of nitrogens with two attached hydrogens (primary N) is 1. The first kappa shape index (κ1) is 16.8. The van der Waals surface area contributed by atoms with Crippen molar-refractivity contribution in [1.29, 1.82) is 0 Å². The number of urea groups is 1. The number of primary amides is 1. The second-order valence-corrected chi connectivity index (χ2v) is 6.50. The summed E-state index contributed by atoms with van der Waals surface area (Å²) in [7, 11) is -4.91. The number of nitrogens with zero attached hydrogens (tertiary/aromatic N) is 3. The lowest BCUT2D eigenvalue weighted by molar-refractivity contribution is -1.05. The molecule has 132 valence electrons. The van der Waals surface area contributed by atoms with Crippen LogP contribution in [0.3, 0.4) is 0 Å². The summed E-state index contributed by atoms with van der Waals surface area (Å²) in [5.41, 5.74) is 5.74. The van der Waals surface area contributed by atoms with Crippen molar-refractivity contribution in [2.75, 3.05) is 6.54 Å². The van der Waals surface area contributed by atoms with Gasteiger partial charge in [0.05, 0.1) is 0 Å². The molecule has 3 rings (SSSR count). The molecule has 3 atom stereocenters. The van der Waals surface area contributed by atoms with Gasteiger partial charge in [-0.25, -0.2) is 9.78 Å². The van der Waals surface area contributed by atoms with Gasteiger partial charge >= 0.3 is 16.4 Å². The van der Waals surface area contributed by atoms with Crippen LogP contribution >= 0.6 is 0 Å². The molecular weight excluding hydrogens is 348 g/mol. The molecule has 24 heavy (non-hydrogen) atoms. The summed E-state index contributed by atoms with van der Waals surface area (Å²) < 4.78 is 39.1. The van der Waals surface area contributed by atoms with Crippen molar-refractivity contribution in [1.82, 2.24) is 10.0 Å². The minimum atomic E-state index is -4.91. The normalized spacial score (nSPS) is 29.9. The number of carbonyl (C=O) groups excluding carboxylic acids is 2. The molecule has 2 aliphatic rings. The largest absolute Gasteiger partial charge is 0.477 e. The van der Waals surface area contributed by atoms with Gasteiger partial charge in [0.25, 0.3) is 5.91 Å². The monoisotopic (exact) mass is 363 g/mol. The molecule has 2 fully saturated rings. The average Bonchev–Trinajstić information content (AvgIpc) is 3.07. The fourth-order valence-electron chi connectivity index (χ4n) is 3.05. The number of carbonyl (C=O) groups is 2. The number of piperidine rings is 1. The zero-order valence-electron chi connectivity index (χ0n) is 12.3. The van der Waals surface area contributed by atoms with E-state index in [-0.39, 0.29) is 26.0 Å². The summed E-state index contributed by atoms with van der Waals surface area (Å²) in [5.74, 6) is -0.768. The molecule has 12 nitrogen and oxygen atoms in total. The van der Waals surface area contributed by atoms with Crippen molar-refractivity contribution in [2.24, 2.45) is 5.73 Å². The Hall–Kier alpha value is -2.06. The van der Waals surface area contributed by atoms with Gasteiger partial charge in [0.2, 0.25) is 6.04 Å². The van der Waals surface area contributed by atoms with Crippen LogP contribution in [0.2, 0.25) is 0 Å². The number of rotatable bonds is 6. The maximum atomic E-state index is 12.7. The molecule has 0 radical (unpaired) electrons. The van der Waals surface area contributed by atoms with E-state index in [0.717, 1.165) is 0 Å². The number of hydrogen-bond donors (Lipinski definition) is 2. The molecule has 2 bridgehead atoms.